The number of para-hydroxylation sites is 1. The highest BCUT2D eigenvalue weighted by molar-refractivity contribution is 5.48. The lowest BCUT2D eigenvalue weighted by atomic mass is 10.1. The van der Waals surface area contributed by atoms with Gasteiger partial charge in [0.25, 0.3) is 0 Å². The monoisotopic (exact) mass is 273 g/mol. The fourth-order valence-electron chi connectivity index (χ4n) is 1.97. The van der Waals surface area contributed by atoms with Crippen LogP contribution in [0.4, 0.5) is 0 Å². The second kappa shape index (κ2) is 6.93. The van der Waals surface area contributed by atoms with Gasteiger partial charge in [-0.1, -0.05) is 42.5 Å². The molecule has 0 saturated carbocycles. The van der Waals surface area contributed by atoms with E-state index in [1.807, 2.05) is 48.5 Å². The summed E-state index contributed by atoms with van der Waals surface area (Å²) in [5.74, 6) is 1.20. The molecule has 0 amide bonds. The highest BCUT2D eigenvalue weighted by Crippen LogP contribution is 2.34. The Morgan fingerprint density at radius 3 is 2.50 bits per heavy atom. The number of ether oxygens (including phenoxy) is 2. The summed E-state index contributed by atoms with van der Waals surface area (Å²) >= 11 is 0. The first kappa shape index (κ1) is 14.4. The number of benzene rings is 2. The van der Waals surface area contributed by atoms with Crippen molar-refractivity contribution in [2.75, 3.05) is 13.7 Å². The van der Waals surface area contributed by atoms with Crippen molar-refractivity contribution >= 4 is 0 Å². The van der Waals surface area contributed by atoms with Gasteiger partial charge in [0.05, 0.1) is 19.8 Å². The minimum absolute atomic E-state index is 0.144. The summed E-state index contributed by atoms with van der Waals surface area (Å²) in [5.41, 5.74) is 7.70. The number of hydrogen-bond acceptors (Lipinski definition) is 4. The van der Waals surface area contributed by atoms with Gasteiger partial charge in [0, 0.05) is 5.56 Å². The lowest BCUT2D eigenvalue weighted by Crippen LogP contribution is -2.16. The zero-order valence-electron chi connectivity index (χ0n) is 11.5. The Balaban J connectivity index is 2.24. The molecule has 0 aliphatic rings. The molecular weight excluding hydrogens is 254 g/mol. The molecule has 1 unspecified atom stereocenters. The molecule has 0 spiro atoms. The predicted octanol–water partition coefficient (Wildman–Crippen LogP) is 2.27. The van der Waals surface area contributed by atoms with Crippen molar-refractivity contribution in [3.8, 4) is 11.5 Å². The van der Waals surface area contributed by atoms with E-state index < -0.39 is 6.04 Å². The van der Waals surface area contributed by atoms with Crippen LogP contribution in [0.2, 0.25) is 0 Å². The fraction of sp³-hybridized carbons (Fsp3) is 0.250. The van der Waals surface area contributed by atoms with Crippen LogP contribution in [0.5, 0.6) is 11.5 Å². The van der Waals surface area contributed by atoms with E-state index in [0.717, 1.165) is 11.1 Å². The van der Waals surface area contributed by atoms with Gasteiger partial charge in [0.15, 0.2) is 11.5 Å². The lowest BCUT2D eigenvalue weighted by Gasteiger charge is -2.18. The van der Waals surface area contributed by atoms with Crippen molar-refractivity contribution in [2.24, 2.45) is 5.73 Å². The maximum absolute atomic E-state index is 9.24. The zero-order chi connectivity index (χ0) is 14.4. The number of aliphatic hydroxyl groups excluding tert-OH is 1. The standard InChI is InChI=1S/C16H19NO3/c1-19-15-9-5-8-13(14(17)10-18)16(15)20-11-12-6-3-2-4-7-12/h2-9,14,18H,10-11,17H2,1H3. The normalized spacial score (nSPS) is 11.9. The highest BCUT2D eigenvalue weighted by atomic mass is 16.5. The number of methoxy groups -OCH3 is 1. The molecule has 4 nitrogen and oxygen atoms in total. The summed E-state index contributed by atoms with van der Waals surface area (Å²) in [7, 11) is 1.58. The van der Waals surface area contributed by atoms with Crippen molar-refractivity contribution in [1.29, 1.82) is 0 Å². The summed E-state index contributed by atoms with van der Waals surface area (Å²) in [4.78, 5) is 0. The lowest BCUT2D eigenvalue weighted by molar-refractivity contribution is 0.252. The summed E-state index contributed by atoms with van der Waals surface area (Å²) in [5, 5.41) is 9.24. The Morgan fingerprint density at radius 1 is 1.10 bits per heavy atom. The largest absolute Gasteiger partial charge is 0.493 e. The minimum atomic E-state index is -0.490. The van der Waals surface area contributed by atoms with E-state index in [4.69, 9.17) is 15.2 Å². The van der Waals surface area contributed by atoms with Gasteiger partial charge in [0.1, 0.15) is 6.61 Å². The predicted molar refractivity (Wildman–Crippen MR) is 77.8 cm³/mol. The molecule has 20 heavy (non-hydrogen) atoms. The first-order valence-corrected chi connectivity index (χ1v) is 6.46. The molecule has 3 N–H and O–H groups in total. The van der Waals surface area contributed by atoms with E-state index >= 15 is 0 Å². The molecule has 0 aliphatic carbocycles. The van der Waals surface area contributed by atoms with E-state index in [0.29, 0.717) is 18.1 Å². The molecule has 4 heteroatoms. The van der Waals surface area contributed by atoms with Crippen LogP contribution in [0.1, 0.15) is 17.2 Å². The van der Waals surface area contributed by atoms with Crippen molar-refractivity contribution < 1.29 is 14.6 Å². The van der Waals surface area contributed by atoms with Crippen molar-refractivity contribution in [3.05, 3.63) is 59.7 Å². The van der Waals surface area contributed by atoms with Gasteiger partial charge in [-0.25, -0.2) is 0 Å². The minimum Gasteiger partial charge on any atom is -0.493 e. The number of aliphatic hydroxyl groups is 1. The molecule has 2 aromatic carbocycles. The van der Waals surface area contributed by atoms with Crippen LogP contribution >= 0.6 is 0 Å². The maximum Gasteiger partial charge on any atom is 0.166 e. The quantitative estimate of drug-likeness (QED) is 0.847. The van der Waals surface area contributed by atoms with E-state index in [2.05, 4.69) is 0 Å². The third-order valence-corrected chi connectivity index (χ3v) is 3.05. The smallest absolute Gasteiger partial charge is 0.166 e. The first-order valence-electron chi connectivity index (χ1n) is 6.46. The van der Waals surface area contributed by atoms with Gasteiger partial charge in [-0.2, -0.15) is 0 Å². The van der Waals surface area contributed by atoms with Crippen molar-refractivity contribution in [2.45, 2.75) is 12.6 Å². The Kier molecular flexibility index (Phi) is 4.98. The number of nitrogens with two attached hydrogens (primary N) is 1. The van der Waals surface area contributed by atoms with Crippen LogP contribution in [0.15, 0.2) is 48.5 Å². The summed E-state index contributed by atoms with van der Waals surface area (Å²) in [6.07, 6.45) is 0. The molecular formula is C16H19NO3. The summed E-state index contributed by atoms with van der Waals surface area (Å²) in [6, 6.07) is 14.8. The molecule has 0 fully saturated rings. The van der Waals surface area contributed by atoms with Gasteiger partial charge >= 0.3 is 0 Å². The first-order chi connectivity index (χ1) is 9.76. The Morgan fingerprint density at radius 2 is 1.85 bits per heavy atom. The summed E-state index contributed by atoms with van der Waals surface area (Å²) < 4.78 is 11.2. The SMILES string of the molecule is COc1cccc(C(N)CO)c1OCc1ccccc1. The van der Waals surface area contributed by atoms with E-state index in [1.165, 1.54) is 0 Å². The Labute approximate surface area is 118 Å². The van der Waals surface area contributed by atoms with Crippen LogP contribution < -0.4 is 15.2 Å². The molecule has 0 heterocycles. The highest BCUT2D eigenvalue weighted by Gasteiger charge is 2.16. The molecule has 106 valence electrons. The van der Waals surface area contributed by atoms with Gasteiger partial charge < -0.3 is 20.3 Å². The zero-order valence-corrected chi connectivity index (χ0v) is 11.5. The average molecular weight is 273 g/mol. The third kappa shape index (κ3) is 3.29. The van der Waals surface area contributed by atoms with Crippen LogP contribution in [0, 0.1) is 0 Å². The van der Waals surface area contributed by atoms with Crippen LogP contribution in [-0.2, 0) is 6.61 Å². The second-order valence-corrected chi connectivity index (χ2v) is 4.44. The molecule has 0 bridgehead atoms. The van der Waals surface area contributed by atoms with Gasteiger partial charge in [-0.3, -0.25) is 0 Å². The maximum atomic E-state index is 9.24. The fourth-order valence-corrected chi connectivity index (χ4v) is 1.97. The third-order valence-electron chi connectivity index (χ3n) is 3.05. The van der Waals surface area contributed by atoms with Gasteiger partial charge in [-0.15, -0.1) is 0 Å². The second-order valence-electron chi connectivity index (χ2n) is 4.44. The topological polar surface area (TPSA) is 64.7 Å². The van der Waals surface area contributed by atoms with Gasteiger partial charge in [-0.05, 0) is 11.6 Å². The van der Waals surface area contributed by atoms with Crippen LogP contribution in [-0.4, -0.2) is 18.8 Å². The Bertz CT molecular complexity index is 543. The number of hydrogen-bond donors (Lipinski definition) is 2. The van der Waals surface area contributed by atoms with Crippen LogP contribution in [0.25, 0.3) is 0 Å². The van der Waals surface area contributed by atoms with E-state index in [-0.39, 0.29) is 6.61 Å². The van der Waals surface area contributed by atoms with Crippen LogP contribution in [0.3, 0.4) is 0 Å². The van der Waals surface area contributed by atoms with Crippen molar-refractivity contribution in [3.63, 3.8) is 0 Å². The molecule has 1 atom stereocenters. The summed E-state index contributed by atoms with van der Waals surface area (Å²) in [6.45, 7) is 0.279. The Hall–Kier alpha value is -2.04. The molecule has 2 rings (SSSR count). The van der Waals surface area contributed by atoms with E-state index in [1.54, 1.807) is 7.11 Å². The van der Waals surface area contributed by atoms with Crippen molar-refractivity contribution in [1.82, 2.24) is 0 Å². The average Bonchev–Trinajstić information content (AvgIpc) is 2.52. The molecule has 0 aromatic heterocycles. The molecule has 0 aliphatic heterocycles. The van der Waals surface area contributed by atoms with E-state index in [9.17, 15) is 5.11 Å². The number of rotatable bonds is 6. The molecule has 0 saturated heterocycles. The molecule has 2 aromatic rings. The van der Waals surface area contributed by atoms with Gasteiger partial charge in [0.2, 0.25) is 0 Å². The molecule has 0 radical (unpaired) electrons.